The van der Waals surface area contributed by atoms with Gasteiger partial charge in [0.25, 0.3) is 0 Å². The highest BCUT2D eigenvalue weighted by Gasteiger charge is 2.31. The number of carbonyl (C=O) groups is 1. The summed E-state index contributed by atoms with van der Waals surface area (Å²) in [6.45, 7) is 5.17. The highest BCUT2D eigenvalue weighted by Crippen LogP contribution is 2.19. The standard InChI is InChI=1S/C19H24N2O6S/c1-3-26-15-4-7-17(8-5-15)28(23,24)21-12-10-20(11-13-21)14-16-6-9-18(27-16)19(22)25-2/h4-9H,3,10-14H2,1-2H3/p+1. The summed E-state index contributed by atoms with van der Waals surface area (Å²) >= 11 is 0. The number of hydrogen-bond acceptors (Lipinski definition) is 6. The maximum absolute atomic E-state index is 12.8. The van der Waals surface area contributed by atoms with Gasteiger partial charge < -0.3 is 18.8 Å². The summed E-state index contributed by atoms with van der Waals surface area (Å²) < 4.78 is 42.7. The van der Waals surface area contributed by atoms with Crippen molar-refractivity contribution in [3.05, 3.63) is 47.9 Å². The molecule has 1 fully saturated rings. The molecule has 2 heterocycles. The monoisotopic (exact) mass is 409 g/mol. The molecule has 28 heavy (non-hydrogen) atoms. The number of hydrogen-bond donors (Lipinski definition) is 1. The van der Waals surface area contributed by atoms with Crippen molar-refractivity contribution >= 4 is 16.0 Å². The predicted octanol–water partition coefficient (Wildman–Crippen LogP) is 0.554. The predicted molar refractivity (Wildman–Crippen MR) is 101 cm³/mol. The molecule has 1 aromatic heterocycles. The van der Waals surface area contributed by atoms with Gasteiger partial charge in [-0.25, -0.2) is 13.2 Å². The van der Waals surface area contributed by atoms with Crippen LogP contribution in [0.3, 0.4) is 0 Å². The SMILES string of the molecule is CCOc1ccc(S(=O)(=O)N2CC[NH+](Cc3ccc(C(=O)OC)o3)CC2)cc1. The van der Waals surface area contributed by atoms with Crippen LogP contribution in [-0.4, -0.2) is 58.6 Å². The molecule has 9 heteroatoms. The lowest BCUT2D eigenvalue weighted by Gasteiger charge is -2.31. The van der Waals surface area contributed by atoms with E-state index in [4.69, 9.17) is 9.15 Å². The number of sulfonamides is 1. The maximum atomic E-state index is 12.8. The van der Waals surface area contributed by atoms with Crippen molar-refractivity contribution < 1.29 is 32.0 Å². The zero-order valence-electron chi connectivity index (χ0n) is 16.0. The number of piperazine rings is 1. The maximum Gasteiger partial charge on any atom is 0.373 e. The second kappa shape index (κ2) is 8.76. The van der Waals surface area contributed by atoms with Crippen molar-refractivity contribution in [2.75, 3.05) is 39.9 Å². The second-order valence-corrected chi connectivity index (χ2v) is 8.43. The summed E-state index contributed by atoms with van der Waals surface area (Å²) in [7, 11) is -2.22. The van der Waals surface area contributed by atoms with Crippen molar-refractivity contribution in [2.24, 2.45) is 0 Å². The van der Waals surface area contributed by atoms with E-state index >= 15 is 0 Å². The molecule has 0 unspecified atom stereocenters. The van der Waals surface area contributed by atoms with Crippen LogP contribution in [0.1, 0.15) is 23.2 Å². The molecule has 0 saturated carbocycles. The smallest absolute Gasteiger partial charge is 0.373 e. The Balaban J connectivity index is 1.58. The molecule has 1 saturated heterocycles. The van der Waals surface area contributed by atoms with Crippen LogP contribution < -0.4 is 9.64 Å². The third kappa shape index (κ3) is 4.54. The first-order chi connectivity index (χ1) is 13.4. The van der Waals surface area contributed by atoms with Crippen molar-refractivity contribution in [3.8, 4) is 5.75 Å². The van der Waals surface area contributed by atoms with Gasteiger partial charge in [0.1, 0.15) is 12.3 Å². The number of quaternary nitrogens is 1. The van der Waals surface area contributed by atoms with Crippen LogP contribution in [0.5, 0.6) is 5.75 Å². The summed E-state index contributed by atoms with van der Waals surface area (Å²) in [5, 5.41) is 0. The van der Waals surface area contributed by atoms with Crippen molar-refractivity contribution in [1.29, 1.82) is 0 Å². The number of nitrogens with zero attached hydrogens (tertiary/aromatic N) is 1. The molecule has 0 amide bonds. The lowest BCUT2D eigenvalue weighted by atomic mass is 10.3. The fourth-order valence-electron chi connectivity index (χ4n) is 3.17. The van der Waals surface area contributed by atoms with E-state index in [1.54, 1.807) is 36.4 Å². The Kier molecular flexibility index (Phi) is 6.38. The summed E-state index contributed by atoms with van der Waals surface area (Å²) in [6, 6.07) is 9.85. The van der Waals surface area contributed by atoms with Crippen molar-refractivity contribution in [1.82, 2.24) is 4.31 Å². The molecular formula is C19H25N2O6S+. The van der Waals surface area contributed by atoms with Crippen LogP contribution in [-0.2, 0) is 21.3 Å². The van der Waals surface area contributed by atoms with Crippen LogP contribution in [0, 0.1) is 0 Å². The Morgan fingerprint density at radius 1 is 1.14 bits per heavy atom. The van der Waals surface area contributed by atoms with E-state index in [9.17, 15) is 13.2 Å². The van der Waals surface area contributed by atoms with Crippen LogP contribution in [0.15, 0.2) is 45.7 Å². The molecule has 1 aliphatic heterocycles. The fraction of sp³-hybridized carbons (Fsp3) is 0.421. The molecule has 1 aliphatic rings. The normalized spacial score (nSPS) is 16.1. The minimum absolute atomic E-state index is 0.175. The number of benzene rings is 1. The first-order valence-corrected chi connectivity index (χ1v) is 10.6. The average Bonchev–Trinajstić information content (AvgIpc) is 3.17. The Labute approximate surface area is 164 Å². The second-order valence-electron chi connectivity index (χ2n) is 6.49. The molecule has 2 aromatic rings. The van der Waals surface area contributed by atoms with Gasteiger partial charge in [-0.15, -0.1) is 0 Å². The molecule has 0 spiro atoms. The van der Waals surface area contributed by atoms with Gasteiger partial charge in [0, 0.05) is 0 Å². The van der Waals surface area contributed by atoms with E-state index in [0.717, 1.165) is 0 Å². The van der Waals surface area contributed by atoms with E-state index in [0.29, 0.717) is 50.8 Å². The third-order valence-corrected chi connectivity index (χ3v) is 6.59. The third-order valence-electron chi connectivity index (χ3n) is 4.67. The molecule has 1 aromatic carbocycles. The molecule has 0 radical (unpaired) electrons. The highest BCUT2D eigenvalue weighted by molar-refractivity contribution is 7.89. The molecule has 1 N–H and O–H groups in total. The first kappa shape index (κ1) is 20.4. The molecule has 3 rings (SSSR count). The summed E-state index contributed by atoms with van der Waals surface area (Å²) in [5.74, 6) is 1.000. The first-order valence-electron chi connectivity index (χ1n) is 9.17. The number of ether oxygens (including phenoxy) is 2. The molecular weight excluding hydrogens is 384 g/mol. The Morgan fingerprint density at radius 2 is 1.82 bits per heavy atom. The highest BCUT2D eigenvalue weighted by atomic mass is 32.2. The van der Waals surface area contributed by atoms with Gasteiger partial charge >= 0.3 is 5.97 Å². The number of esters is 1. The van der Waals surface area contributed by atoms with Gasteiger partial charge in [0.2, 0.25) is 15.8 Å². The molecule has 152 valence electrons. The van der Waals surface area contributed by atoms with Crippen molar-refractivity contribution in [2.45, 2.75) is 18.4 Å². The number of furan rings is 1. The zero-order valence-corrected chi connectivity index (χ0v) is 16.8. The molecule has 0 atom stereocenters. The van der Waals surface area contributed by atoms with Gasteiger partial charge in [0.05, 0.1) is 44.8 Å². The van der Waals surface area contributed by atoms with E-state index in [-0.39, 0.29) is 10.7 Å². The molecule has 0 aliphatic carbocycles. The number of rotatable bonds is 7. The number of methoxy groups -OCH3 is 1. The summed E-state index contributed by atoms with van der Waals surface area (Å²) in [6.07, 6.45) is 0. The zero-order chi connectivity index (χ0) is 20.1. The number of carbonyl (C=O) groups excluding carboxylic acids is 1. The lowest BCUT2D eigenvalue weighted by Crippen LogP contribution is -3.13. The van der Waals surface area contributed by atoms with E-state index in [1.165, 1.54) is 16.3 Å². The lowest BCUT2D eigenvalue weighted by molar-refractivity contribution is -0.918. The summed E-state index contributed by atoms with van der Waals surface area (Å²) in [5.41, 5.74) is 0. The van der Waals surface area contributed by atoms with E-state index in [1.807, 2.05) is 6.92 Å². The van der Waals surface area contributed by atoms with Gasteiger partial charge in [-0.3, -0.25) is 0 Å². The molecule has 0 bridgehead atoms. The molecule has 8 nitrogen and oxygen atoms in total. The Hall–Kier alpha value is -2.36. The van der Waals surface area contributed by atoms with Crippen molar-refractivity contribution in [3.63, 3.8) is 0 Å². The Bertz CT molecular complexity index is 899. The van der Waals surface area contributed by atoms with E-state index < -0.39 is 16.0 Å². The van der Waals surface area contributed by atoms with Crippen LogP contribution in [0.2, 0.25) is 0 Å². The minimum atomic E-state index is -3.52. The van der Waals surface area contributed by atoms with Gasteiger partial charge in [0.15, 0.2) is 5.76 Å². The van der Waals surface area contributed by atoms with Gasteiger partial charge in [-0.1, -0.05) is 0 Å². The van der Waals surface area contributed by atoms with Crippen LogP contribution >= 0.6 is 0 Å². The minimum Gasteiger partial charge on any atom is -0.494 e. The van der Waals surface area contributed by atoms with Crippen LogP contribution in [0.25, 0.3) is 0 Å². The topological polar surface area (TPSA) is 90.5 Å². The average molecular weight is 409 g/mol. The largest absolute Gasteiger partial charge is 0.494 e. The van der Waals surface area contributed by atoms with Gasteiger partial charge in [-0.05, 0) is 43.3 Å². The quantitative estimate of drug-likeness (QED) is 0.672. The number of nitrogens with one attached hydrogen (secondary N) is 1. The summed E-state index contributed by atoms with van der Waals surface area (Å²) in [4.78, 5) is 12.9. The Morgan fingerprint density at radius 3 is 2.43 bits per heavy atom. The van der Waals surface area contributed by atoms with E-state index in [2.05, 4.69) is 4.74 Å². The van der Waals surface area contributed by atoms with Gasteiger partial charge in [-0.2, -0.15) is 4.31 Å². The fourth-order valence-corrected chi connectivity index (χ4v) is 4.61. The van der Waals surface area contributed by atoms with Crippen LogP contribution in [0.4, 0.5) is 0 Å².